The first-order valence-corrected chi connectivity index (χ1v) is 7.68. The number of nitrogens with one attached hydrogen (secondary N) is 2. The lowest BCUT2D eigenvalue weighted by molar-refractivity contribution is -0.129. The van der Waals surface area contributed by atoms with E-state index in [1.54, 1.807) is 17.7 Å². The summed E-state index contributed by atoms with van der Waals surface area (Å²) in [5.74, 6) is -0.000288. The third-order valence-corrected chi connectivity index (χ3v) is 4.25. The Hall–Kier alpha value is -1.66. The van der Waals surface area contributed by atoms with Crippen molar-refractivity contribution in [1.29, 1.82) is 0 Å². The second-order valence-electron chi connectivity index (χ2n) is 4.75. The predicted octanol–water partition coefficient (Wildman–Crippen LogP) is 1.98. The number of rotatable bonds is 5. The summed E-state index contributed by atoms with van der Waals surface area (Å²) in [5.41, 5.74) is 2.03. The molecule has 0 radical (unpaired) electrons. The van der Waals surface area contributed by atoms with Crippen molar-refractivity contribution in [2.24, 2.45) is 0 Å². The fraction of sp³-hybridized carbons (Fsp3) is 0.429. The molecule has 1 atom stereocenters. The number of amides is 1. The number of thiophene rings is 1. The average Bonchev–Trinajstić information content (AvgIpc) is 3.20. The first-order valence-electron chi connectivity index (χ1n) is 6.80. The zero-order valence-corrected chi connectivity index (χ0v) is 11.9. The van der Waals surface area contributed by atoms with Crippen LogP contribution in [0.1, 0.15) is 18.5 Å². The predicted molar refractivity (Wildman–Crippen MR) is 77.6 cm³/mol. The molecule has 0 bridgehead atoms. The van der Waals surface area contributed by atoms with Gasteiger partial charge in [0.2, 0.25) is 5.91 Å². The maximum Gasteiger partial charge on any atom is 0.249 e. The molecule has 1 saturated heterocycles. The molecular formula is C14H17N3O2S. The maximum atomic E-state index is 11.8. The molecule has 2 N–H and O–H groups in total. The third kappa shape index (κ3) is 2.91. The monoisotopic (exact) mass is 291 g/mol. The molecule has 1 unspecified atom stereocenters. The maximum absolute atomic E-state index is 11.8. The molecule has 1 aliphatic rings. The lowest BCUT2D eigenvalue weighted by Gasteiger charge is -2.10. The largest absolute Gasteiger partial charge is 0.368 e. The first kappa shape index (κ1) is 13.3. The van der Waals surface area contributed by atoms with E-state index in [0.29, 0.717) is 13.2 Å². The van der Waals surface area contributed by atoms with Crippen molar-refractivity contribution in [2.75, 3.05) is 13.2 Å². The summed E-state index contributed by atoms with van der Waals surface area (Å²) in [6.45, 7) is 1.29. The summed E-state index contributed by atoms with van der Waals surface area (Å²) >= 11 is 1.67. The molecule has 0 aliphatic carbocycles. The Kier molecular flexibility index (Phi) is 4.13. The van der Waals surface area contributed by atoms with E-state index in [-0.39, 0.29) is 12.0 Å². The third-order valence-electron chi connectivity index (χ3n) is 3.37. The van der Waals surface area contributed by atoms with Crippen LogP contribution in [0.3, 0.4) is 0 Å². The van der Waals surface area contributed by atoms with Crippen LogP contribution in [0.25, 0.3) is 10.6 Å². The SMILES string of the molecule is O=C(NCCc1[nH]cnc1-c1cccs1)C1CCCO1. The lowest BCUT2D eigenvalue weighted by Crippen LogP contribution is -2.35. The summed E-state index contributed by atoms with van der Waals surface area (Å²) in [6, 6.07) is 4.06. The van der Waals surface area contributed by atoms with Crippen molar-refractivity contribution in [2.45, 2.75) is 25.4 Å². The van der Waals surface area contributed by atoms with Crippen LogP contribution >= 0.6 is 11.3 Å². The van der Waals surface area contributed by atoms with Crippen LogP contribution in [0, 0.1) is 0 Å². The van der Waals surface area contributed by atoms with E-state index < -0.39 is 0 Å². The van der Waals surface area contributed by atoms with Gasteiger partial charge in [-0.15, -0.1) is 11.3 Å². The molecule has 5 nitrogen and oxygen atoms in total. The number of imidazole rings is 1. The molecule has 2 aromatic heterocycles. The molecule has 1 fully saturated rings. The van der Waals surface area contributed by atoms with Gasteiger partial charge in [-0.25, -0.2) is 4.98 Å². The van der Waals surface area contributed by atoms with Gasteiger partial charge in [-0.3, -0.25) is 4.79 Å². The number of hydrogen-bond acceptors (Lipinski definition) is 4. The molecular weight excluding hydrogens is 274 g/mol. The summed E-state index contributed by atoms with van der Waals surface area (Å²) in [6.07, 6.45) is 3.99. The van der Waals surface area contributed by atoms with Gasteiger partial charge < -0.3 is 15.0 Å². The van der Waals surface area contributed by atoms with Crippen molar-refractivity contribution < 1.29 is 9.53 Å². The van der Waals surface area contributed by atoms with Gasteiger partial charge in [0, 0.05) is 25.3 Å². The number of carbonyl (C=O) groups is 1. The van der Waals surface area contributed by atoms with E-state index in [0.717, 1.165) is 35.5 Å². The number of nitrogens with zero attached hydrogens (tertiary/aromatic N) is 1. The topological polar surface area (TPSA) is 67.0 Å². The number of aromatic nitrogens is 2. The lowest BCUT2D eigenvalue weighted by atomic mass is 10.2. The van der Waals surface area contributed by atoms with Crippen molar-refractivity contribution >= 4 is 17.2 Å². The fourth-order valence-electron chi connectivity index (χ4n) is 2.35. The van der Waals surface area contributed by atoms with Gasteiger partial charge in [0.25, 0.3) is 0 Å². The molecule has 3 heterocycles. The van der Waals surface area contributed by atoms with E-state index in [1.165, 1.54) is 0 Å². The van der Waals surface area contributed by atoms with E-state index in [4.69, 9.17) is 4.74 Å². The Balaban J connectivity index is 1.54. The standard InChI is InChI=1S/C14H17N3O2S/c18-14(11-3-1-7-19-11)15-6-5-10-13(17-9-16-10)12-4-2-8-20-12/h2,4,8-9,11H,1,3,5-7H2,(H,15,18)(H,16,17). The second-order valence-corrected chi connectivity index (χ2v) is 5.70. The van der Waals surface area contributed by atoms with Crippen LogP contribution in [-0.4, -0.2) is 35.1 Å². The van der Waals surface area contributed by atoms with Crippen LogP contribution in [0.2, 0.25) is 0 Å². The summed E-state index contributed by atoms with van der Waals surface area (Å²) in [7, 11) is 0. The van der Waals surface area contributed by atoms with Crippen LogP contribution < -0.4 is 5.32 Å². The number of hydrogen-bond donors (Lipinski definition) is 2. The summed E-state index contributed by atoms with van der Waals surface area (Å²) in [4.78, 5) is 20.5. The first-order chi connectivity index (χ1) is 9.84. The highest BCUT2D eigenvalue weighted by Gasteiger charge is 2.23. The van der Waals surface area contributed by atoms with Crippen LogP contribution in [0.5, 0.6) is 0 Å². The van der Waals surface area contributed by atoms with Crippen LogP contribution in [-0.2, 0) is 16.0 Å². The zero-order chi connectivity index (χ0) is 13.8. The number of carbonyl (C=O) groups excluding carboxylic acids is 1. The highest BCUT2D eigenvalue weighted by Crippen LogP contribution is 2.25. The minimum Gasteiger partial charge on any atom is -0.368 e. The Morgan fingerprint density at radius 1 is 1.60 bits per heavy atom. The minimum absolute atomic E-state index is 0.000288. The van der Waals surface area contributed by atoms with E-state index in [2.05, 4.69) is 21.4 Å². The van der Waals surface area contributed by atoms with Gasteiger partial charge in [-0.1, -0.05) is 6.07 Å². The molecule has 1 amide bonds. The molecule has 3 rings (SSSR count). The number of H-pyrrole nitrogens is 1. The molecule has 0 aromatic carbocycles. The summed E-state index contributed by atoms with van der Waals surface area (Å²) in [5, 5.41) is 4.96. The number of aromatic amines is 1. The van der Waals surface area contributed by atoms with E-state index in [9.17, 15) is 4.79 Å². The second kappa shape index (κ2) is 6.19. The van der Waals surface area contributed by atoms with Gasteiger partial charge in [0.1, 0.15) is 11.8 Å². The van der Waals surface area contributed by atoms with Crippen molar-refractivity contribution in [3.8, 4) is 10.6 Å². The average molecular weight is 291 g/mol. The van der Waals surface area contributed by atoms with Gasteiger partial charge >= 0.3 is 0 Å². The van der Waals surface area contributed by atoms with Crippen LogP contribution in [0.4, 0.5) is 0 Å². The molecule has 20 heavy (non-hydrogen) atoms. The van der Waals surface area contributed by atoms with Gasteiger partial charge in [-0.2, -0.15) is 0 Å². The summed E-state index contributed by atoms with van der Waals surface area (Å²) < 4.78 is 5.35. The Morgan fingerprint density at radius 3 is 3.30 bits per heavy atom. The highest BCUT2D eigenvalue weighted by atomic mass is 32.1. The van der Waals surface area contributed by atoms with Gasteiger partial charge in [-0.05, 0) is 24.3 Å². The molecule has 0 saturated carbocycles. The molecule has 0 spiro atoms. The number of ether oxygens (including phenoxy) is 1. The molecule has 2 aromatic rings. The quantitative estimate of drug-likeness (QED) is 0.885. The normalized spacial score (nSPS) is 18.3. The molecule has 106 valence electrons. The molecule has 6 heteroatoms. The Bertz CT molecular complexity index is 559. The van der Waals surface area contributed by atoms with E-state index in [1.807, 2.05) is 11.4 Å². The van der Waals surface area contributed by atoms with Crippen molar-refractivity contribution in [3.63, 3.8) is 0 Å². The van der Waals surface area contributed by atoms with Crippen molar-refractivity contribution in [3.05, 3.63) is 29.5 Å². The van der Waals surface area contributed by atoms with Gasteiger partial charge in [0.05, 0.1) is 11.2 Å². The van der Waals surface area contributed by atoms with Crippen molar-refractivity contribution in [1.82, 2.24) is 15.3 Å². The molecule has 1 aliphatic heterocycles. The van der Waals surface area contributed by atoms with Gasteiger partial charge in [0.15, 0.2) is 0 Å². The smallest absolute Gasteiger partial charge is 0.249 e. The van der Waals surface area contributed by atoms with Crippen LogP contribution in [0.15, 0.2) is 23.8 Å². The highest BCUT2D eigenvalue weighted by molar-refractivity contribution is 7.13. The Labute approximate surface area is 121 Å². The fourth-order valence-corrected chi connectivity index (χ4v) is 3.09. The zero-order valence-electron chi connectivity index (χ0n) is 11.1. The Morgan fingerprint density at radius 2 is 2.55 bits per heavy atom. The minimum atomic E-state index is -0.256. The van der Waals surface area contributed by atoms with E-state index >= 15 is 0 Å².